The molecule has 2 aromatic rings. The summed E-state index contributed by atoms with van der Waals surface area (Å²) in [4.78, 5) is 0. The molecule has 2 aromatic carbocycles. The smallest absolute Gasteiger partial charge is 0.137 e. The fourth-order valence-corrected chi connectivity index (χ4v) is 2.25. The second-order valence-electron chi connectivity index (χ2n) is 4.47. The summed E-state index contributed by atoms with van der Waals surface area (Å²) >= 11 is 3.19. The number of anilines is 1. The Morgan fingerprint density at radius 2 is 1.89 bits per heavy atom. The zero-order valence-electron chi connectivity index (χ0n) is 10.7. The molecule has 19 heavy (non-hydrogen) atoms. The number of aryl methyl sites for hydroxylation is 1. The van der Waals surface area contributed by atoms with Gasteiger partial charge in [0.2, 0.25) is 0 Å². The molecule has 0 aliphatic heterocycles. The third kappa shape index (κ3) is 3.55. The SMILES string of the molecule is Cc1ccc(NC(CN)c2ccc(F)c(Br)c2)cc1. The van der Waals surface area contributed by atoms with Gasteiger partial charge in [0.05, 0.1) is 10.5 Å². The number of hydrogen-bond donors (Lipinski definition) is 2. The third-order valence-corrected chi connectivity index (χ3v) is 3.58. The van der Waals surface area contributed by atoms with Crippen molar-refractivity contribution in [2.75, 3.05) is 11.9 Å². The van der Waals surface area contributed by atoms with Gasteiger partial charge >= 0.3 is 0 Å². The second-order valence-corrected chi connectivity index (χ2v) is 5.33. The summed E-state index contributed by atoms with van der Waals surface area (Å²) in [5, 5.41) is 3.35. The molecule has 0 aromatic heterocycles. The van der Waals surface area contributed by atoms with E-state index in [1.165, 1.54) is 11.6 Å². The third-order valence-electron chi connectivity index (χ3n) is 2.97. The highest BCUT2D eigenvalue weighted by atomic mass is 79.9. The van der Waals surface area contributed by atoms with Crippen LogP contribution < -0.4 is 11.1 Å². The van der Waals surface area contributed by atoms with Gasteiger partial charge in [0, 0.05) is 12.2 Å². The first-order valence-corrected chi connectivity index (χ1v) is 6.87. The summed E-state index contributed by atoms with van der Waals surface area (Å²) < 4.78 is 13.7. The van der Waals surface area contributed by atoms with Crippen LogP contribution in [0.1, 0.15) is 17.2 Å². The summed E-state index contributed by atoms with van der Waals surface area (Å²) in [6.07, 6.45) is 0. The van der Waals surface area contributed by atoms with Gasteiger partial charge in [-0.15, -0.1) is 0 Å². The van der Waals surface area contributed by atoms with Crippen LogP contribution in [0.4, 0.5) is 10.1 Å². The summed E-state index contributed by atoms with van der Waals surface area (Å²) in [6, 6.07) is 13.0. The molecule has 0 spiro atoms. The first-order chi connectivity index (χ1) is 9.10. The Morgan fingerprint density at radius 1 is 1.21 bits per heavy atom. The average molecular weight is 323 g/mol. The van der Waals surface area contributed by atoms with Crippen LogP contribution >= 0.6 is 15.9 Å². The normalized spacial score (nSPS) is 12.2. The zero-order valence-corrected chi connectivity index (χ0v) is 12.2. The Balaban J connectivity index is 2.19. The van der Waals surface area contributed by atoms with E-state index in [0.717, 1.165) is 11.3 Å². The lowest BCUT2D eigenvalue weighted by Crippen LogP contribution is -2.20. The van der Waals surface area contributed by atoms with E-state index in [1.807, 2.05) is 31.2 Å². The highest BCUT2D eigenvalue weighted by Crippen LogP contribution is 2.24. The van der Waals surface area contributed by atoms with Crippen LogP contribution in [0.5, 0.6) is 0 Å². The molecule has 0 heterocycles. The van der Waals surface area contributed by atoms with Crippen molar-refractivity contribution in [1.82, 2.24) is 0 Å². The van der Waals surface area contributed by atoms with E-state index >= 15 is 0 Å². The lowest BCUT2D eigenvalue weighted by molar-refractivity contribution is 0.619. The molecule has 4 heteroatoms. The average Bonchev–Trinajstić information content (AvgIpc) is 2.41. The summed E-state index contributed by atoms with van der Waals surface area (Å²) in [5.74, 6) is -0.269. The number of nitrogens with two attached hydrogens (primary N) is 1. The molecule has 0 saturated carbocycles. The van der Waals surface area contributed by atoms with Crippen molar-refractivity contribution in [3.8, 4) is 0 Å². The maximum absolute atomic E-state index is 13.2. The summed E-state index contributed by atoms with van der Waals surface area (Å²) in [5.41, 5.74) is 8.96. The molecule has 0 aliphatic carbocycles. The molecule has 100 valence electrons. The van der Waals surface area contributed by atoms with Crippen LogP contribution in [0, 0.1) is 12.7 Å². The van der Waals surface area contributed by atoms with E-state index in [-0.39, 0.29) is 11.9 Å². The maximum atomic E-state index is 13.2. The predicted octanol–water partition coefficient (Wildman–Crippen LogP) is 4.01. The van der Waals surface area contributed by atoms with Crippen LogP contribution in [-0.4, -0.2) is 6.54 Å². The Morgan fingerprint density at radius 3 is 2.47 bits per heavy atom. The van der Waals surface area contributed by atoms with Crippen LogP contribution in [0.15, 0.2) is 46.9 Å². The van der Waals surface area contributed by atoms with Gasteiger partial charge in [0.25, 0.3) is 0 Å². The first kappa shape index (κ1) is 14.0. The monoisotopic (exact) mass is 322 g/mol. The van der Waals surface area contributed by atoms with E-state index in [0.29, 0.717) is 11.0 Å². The Kier molecular flexibility index (Phi) is 4.56. The lowest BCUT2D eigenvalue weighted by Gasteiger charge is -2.19. The molecule has 1 unspecified atom stereocenters. The number of hydrogen-bond acceptors (Lipinski definition) is 2. The Labute approximate surface area is 121 Å². The zero-order chi connectivity index (χ0) is 13.8. The van der Waals surface area contributed by atoms with Crippen LogP contribution in [-0.2, 0) is 0 Å². The topological polar surface area (TPSA) is 38.0 Å². The van der Waals surface area contributed by atoms with Crippen molar-refractivity contribution in [1.29, 1.82) is 0 Å². The lowest BCUT2D eigenvalue weighted by atomic mass is 10.1. The summed E-state index contributed by atoms with van der Waals surface area (Å²) in [6.45, 7) is 2.48. The summed E-state index contributed by atoms with van der Waals surface area (Å²) in [7, 11) is 0. The molecule has 2 nitrogen and oxygen atoms in total. The van der Waals surface area contributed by atoms with Gasteiger partial charge in [-0.1, -0.05) is 23.8 Å². The van der Waals surface area contributed by atoms with E-state index in [2.05, 4.69) is 21.2 Å². The molecular formula is C15H16BrFN2. The molecule has 0 radical (unpaired) electrons. The molecule has 2 rings (SSSR count). The molecule has 3 N–H and O–H groups in total. The fourth-order valence-electron chi connectivity index (χ4n) is 1.86. The quantitative estimate of drug-likeness (QED) is 0.892. The van der Waals surface area contributed by atoms with Crippen molar-refractivity contribution in [2.24, 2.45) is 5.73 Å². The maximum Gasteiger partial charge on any atom is 0.137 e. The highest BCUT2D eigenvalue weighted by molar-refractivity contribution is 9.10. The first-order valence-electron chi connectivity index (χ1n) is 6.08. The Hall–Kier alpha value is -1.39. The minimum absolute atomic E-state index is 0.0420. The molecule has 0 aliphatic rings. The van der Waals surface area contributed by atoms with Gasteiger partial charge in [-0.2, -0.15) is 0 Å². The molecule has 0 bridgehead atoms. The minimum atomic E-state index is -0.269. The number of rotatable bonds is 4. The van der Waals surface area contributed by atoms with Gasteiger partial charge in [-0.05, 0) is 52.7 Å². The van der Waals surface area contributed by atoms with Crippen molar-refractivity contribution in [3.05, 3.63) is 63.9 Å². The number of halogens is 2. The highest BCUT2D eigenvalue weighted by Gasteiger charge is 2.11. The fraction of sp³-hybridized carbons (Fsp3) is 0.200. The van der Waals surface area contributed by atoms with Crippen molar-refractivity contribution in [3.63, 3.8) is 0 Å². The van der Waals surface area contributed by atoms with Crippen molar-refractivity contribution in [2.45, 2.75) is 13.0 Å². The molecule has 0 amide bonds. The van der Waals surface area contributed by atoms with Crippen LogP contribution in [0.25, 0.3) is 0 Å². The molecule has 1 atom stereocenters. The van der Waals surface area contributed by atoms with Crippen LogP contribution in [0.3, 0.4) is 0 Å². The van der Waals surface area contributed by atoms with Gasteiger partial charge in [-0.25, -0.2) is 4.39 Å². The Bertz CT molecular complexity index is 555. The largest absolute Gasteiger partial charge is 0.377 e. The van der Waals surface area contributed by atoms with E-state index in [9.17, 15) is 4.39 Å². The number of nitrogens with one attached hydrogen (secondary N) is 1. The van der Waals surface area contributed by atoms with Gasteiger partial charge in [-0.3, -0.25) is 0 Å². The molecule has 0 saturated heterocycles. The van der Waals surface area contributed by atoms with E-state index in [4.69, 9.17) is 5.73 Å². The predicted molar refractivity (Wildman–Crippen MR) is 80.7 cm³/mol. The minimum Gasteiger partial charge on any atom is -0.377 e. The van der Waals surface area contributed by atoms with Gasteiger partial charge in [0.1, 0.15) is 5.82 Å². The second kappa shape index (κ2) is 6.17. The molecule has 0 fully saturated rings. The van der Waals surface area contributed by atoms with Crippen LogP contribution in [0.2, 0.25) is 0 Å². The van der Waals surface area contributed by atoms with E-state index < -0.39 is 0 Å². The standard InChI is InChI=1S/C15H16BrFN2/c1-10-2-5-12(6-3-10)19-15(9-18)11-4-7-14(17)13(16)8-11/h2-8,15,19H,9,18H2,1H3. The van der Waals surface area contributed by atoms with Crippen molar-refractivity contribution < 1.29 is 4.39 Å². The molecular weight excluding hydrogens is 307 g/mol. The van der Waals surface area contributed by atoms with Gasteiger partial charge in [0.15, 0.2) is 0 Å². The van der Waals surface area contributed by atoms with Gasteiger partial charge < -0.3 is 11.1 Å². The number of benzene rings is 2. The van der Waals surface area contributed by atoms with E-state index in [1.54, 1.807) is 12.1 Å². The van der Waals surface area contributed by atoms with Crippen molar-refractivity contribution >= 4 is 21.6 Å².